The second-order valence-corrected chi connectivity index (χ2v) is 7.86. The number of fused-ring (bicyclic) bond motifs is 1. The van der Waals surface area contributed by atoms with E-state index in [0.29, 0.717) is 25.5 Å². The van der Waals surface area contributed by atoms with Gasteiger partial charge in [-0.25, -0.2) is 0 Å². The highest BCUT2D eigenvalue weighted by Gasteiger charge is 2.38. The van der Waals surface area contributed by atoms with Gasteiger partial charge in [0.15, 0.2) is 0 Å². The van der Waals surface area contributed by atoms with Crippen molar-refractivity contribution in [2.45, 2.75) is 37.5 Å². The van der Waals surface area contributed by atoms with Crippen LogP contribution in [0.4, 0.5) is 0 Å². The third-order valence-corrected chi connectivity index (χ3v) is 5.81. The van der Waals surface area contributed by atoms with Crippen molar-refractivity contribution in [2.75, 3.05) is 19.7 Å². The summed E-state index contributed by atoms with van der Waals surface area (Å²) in [6.45, 7) is 2.44. The maximum Gasteiger partial charge on any atom is 0.220 e. The normalized spacial score (nSPS) is 25.3. The van der Waals surface area contributed by atoms with E-state index >= 15 is 0 Å². The van der Waals surface area contributed by atoms with Gasteiger partial charge in [0.2, 0.25) is 5.91 Å². The molecule has 1 N–H and O–H groups in total. The van der Waals surface area contributed by atoms with Gasteiger partial charge >= 0.3 is 0 Å². The lowest BCUT2D eigenvalue weighted by Crippen LogP contribution is -2.43. The zero-order valence-electron chi connectivity index (χ0n) is 15.5. The van der Waals surface area contributed by atoms with E-state index in [4.69, 9.17) is 16.3 Å². The van der Waals surface area contributed by atoms with E-state index in [1.807, 2.05) is 42.1 Å². The predicted molar refractivity (Wildman–Crippen MR) is 104 cm³/mol. The van der Waals surface area contributed by atoms with E-state index < -0.39 is 0 Å². The molecule has 1 aromatic heterocycles. The molecule has 0 saturated carbocycles. The van der Waals surface area contributed by atoms with Crippen LogP contribution in [0.5, 0.6) is 0 Å². The van der Waals surface area contributed by atoms with Crippen molar-refractivity contribution in [3.8, 4) is 0 Å². The Hall–Kier alpha value is -1.89. The molecule has 1 amide bonds. The lowest BCUT2D eigenvalue weighted by molar-refractivity contribution is -0.121. The molecule has 4 rings (SSSR count). The molecule has 2 aliphatic rings. The van der Waals surface area contributed by atoms with Crippen LogP contribution in [-0.2, 0) is 23.0 Å². The molecule has 0 aliphatic carbocycles. The van der Waals surface area contributed by atoms with E-state index in [1.54, 1.807) is 6.20 Å². The number of hydrogen-bond acceptors (Lipinski definition) is 4. The molecule has 6 nitrogen and oxygen atoms in total. The average molecular weight is 389 g/mol. The molecule has 0 bridgehead atoms. The lowest BCUT2D eigenvalue weighted by atomic mass is 10.1. The van der Waals surface area contributed by atoms with Gasteiger partial charge in [0.25, 0.3) is 0 Å². The summed E-state index contributed by atoms with van der Waals surface area (Å²) >= 11 is 5.98. The van der Waals surface area contributed by atoms with Gasteiger partial charge in [-0.2, -0.15) is 5.10 Å². The van der Waals surface area contributed by atoms with Gasteiger partial charge in [-0.15, -0.1) is 0 Å². The zero-order chi connectivity index (χ0) is 18.8. The number of hydrogen-bond donors (Lipinski definition) is 1. The van der Waals surface area contributed by atoms with E-state index in [-0.39, 0.29) is 18.1 Å². The largest absolute Gasteiger partial charge is 0.371 e. The molecule has 144 valence electrons. The first-order valence-corrected chi connectivity index (χ1v) is 9.83. The number of nitrogens with one attached hydrogen (secondary N) is 1. The van der Waals surface area contributed by atoms with Crippen molar-refractivity contribution >= 4 is 17.5 Å². The van der Waals surface area contributed by atoms with E-state index in [1.165, 1.54) is 0 Å². The minimum absolute atomic E-state index is 0.0674. The summed E-state index contributed by atoms with van der Waals surface area (Å²) in [7, 11) is 1.90. The Bertz CT molecular complexity index is 792. The maximum absolute atomic E-state index is 12.3. The average Bonchev–Trinajstić information content (AvgIpc) is 3.25. The van der Waals surface area contributed by atoms with Crippen LogP contribution in [0.2, 0.25) is 5.02 Å². The first-order valence-electron chi connectivity index (χ1n) is 9.46. The maximum atomic E-state index is 12.3. The summed E-state index contributed by atoms with van der Waals surface area (Å²) in [4.78, 5) is 14.8. The number of aryl methyl sites for hydroxylation is 2. The van der Waals surface area contributed by atoms with Gasteiger partial charge in [0.05, 0.1) is 12.7 Å². The molecule has 3 atom stereocenters. The summed E-state index contributed by atoms with van der Waals surface area (Å²) in [5.74, 6) is 0.108. The molecule has 0 radical (unpaired) electrons. The Morgan fingerprint density at radius 1 is 1.30 bits per heavy atom. The fourth-order valence-electron chi connectivity index (χ4n) is 4.05. The van der Waals surface area contributed by atoms with Gasteiger partial charge in [-0.3, -0.25) is 14.4 Å². The third kappa shape index (κ3) is 4.34. The highest BCUT2D eigenvalue weighted by Crippen LogP contribution is 2.30. The summed E-state index contributed by atoms with van der Waals surface area (Å²) in [5.41, 5.74) is 2.23. The molecule has 3 heterocycles. The van der Waals surface area contributed by atoms with Crippen molar-refractivity contribution in [1.82, 2.24) is 20.0 Å². The first kappa shape index (κ1) is 18.5. The van der Waals surface area contributed by atoms with E-state index in [9.17, 15) is 4.79 Å². The number of rotatable bonds is 5. The number of morpholine rings is 1. The molecule has 1 aromatic carbocycles. The molecule has 2 fully saturated rings. The van der Waals surface area contributed by atoms with Crippen LogP contribution in [0, 0.1) is 0 Å². The van der Waals surface area contributed by atoms with Crippen LogP contribution in [0.15, 0.2) is 36.5 Å². The van der Waals surface area contributed by atoms with Crippen LogP contribution in [0.3, 0.4) is 0 Å². The van der Waals surface area contributed by atoms with Crippen molar-refractivity contribution < 1.29 is 9.53 Å². The van der Waals surface area contributed by atoms with Crippen LogP contribution in [-0.4, -0.2) is 52.4 Å². The van der Waals surface area contributed by atoms with E-state index in [0.717, 1.165) is 35.8 Å². The standard InChI is InChI=1S/C20H25ClN4O2/c1-24-17(8-9-22-24)6-7-20(26)23-16-10-18-13-27-19(12-25(18)11-16)14-2-4-15(21)5-3-14/h2-5,8-9,16,18-19H,6-7,10-13H2,1H3,(H,23,26)/t16-,18-,19+/m0/s1. The summed E-state index contributed by atoms with van der Waals surface area (Å²) in [6.07, 6.45) is 3.98. The number of amides is 1. The van der Waals surface area contributed by atoms with Crippen LogP contribution >= 0.6 is 11.6 Å². The topological polar surface area (TPSA) is 59.4 Å². The first-order chi connectivity index (χ1) is 13.1. The quantitative estimate of drug-likeness (QED) is 0.854. The molecular formula is C20H25ClN4O2. The summed E-state index contributed by atoms with van der Waals surface area (Å²) in [5, 5.41) is 8.08. The fourth-order valence-corrected chi connectivity index (χ4v) is 4.17. The Morgan fingerprint density at radius 2 is 2.11 bits per heavy atom. The second kappa shape index (κ2) is 8.00. The highest BCUT2D eigenvalue weighted by atomic mass is 35.5. The fraction of sp³-hybridized carbons (Fsp3) is 0.500. The lowest BCUT2D eigenvalue weighted by Gasteiger charge is -2.35. The second-order valence-electron chi connectivity index (χ2n) is 7.43. The number of benzene rings is 1. The highest BCUT2D eigenvalue weighted by molar-refractivity contribution is 6.30. The number of nitrogens with zero attached hydrogens (tertiary/aromatic N) is 3. The van der Waals surface area contributed by atoms with Crippen molar-refractivity contribution in [1.29, 1.82) is 0 Å². The van der Waals surface area contributed by atoms with Gasteiger partial charge in [-0.05, 0) is 36.6 Å². The van der Waals surface area contributed by atoms with Crippen molar-refractivity contribution in [3.63, 3.8) is 0 Å². The smallest absolute Gasteiger partial charge is 0.220 e. The minimum Gasteiger partial charge on any atom is -0.371 e. The molecule has 7 heteroatoms. The molecule has 2 aromatic rings. The van der Waals surface area contributed by atoms with Crippen LogP contribution in [0.25, 0.3) is 0 Å². The van der Waals surface area contributed by atoms with Gasteiger partial charge in [0, 0.05) is 55.6 Å². The number of carbonyl (C=O) groups is 1. The summed E-state index contributed by atoms with van der Waals surface area (Å²) in [6, 6.07) is 10.4. The molecule has 2 aliphatic heterocycles. The Labute approximate surface area is 164 Å². The molecule has 0 spiro atoms. The molecule has 0 unspecified atom stereocenters. The Morgan fingerprint density at radius 3 is 2.85 bits per heavy atom. The SMILES string of the molecule is Cn1nccc1CCC(=O)N[C@H]1C[C@H]2CO[C@@H](c3ccc(Cl)cc3)CN2C1. The third-order valence-electron chi connectivity index (χ3n) is 5.56. The van der Waals surface area contributed by atoms with Crippen LogP contribution in [0.1, 0.15) is 30.2 Å². The number of carbonyl (C=O) groups excluding carboxylic acids is 1. The van der Waals surface area contributed by atoms with Gasteiger partial charge in [-0.1, -0.05) is 23.7 Å². The van der Waals surface area contributed by atoms with E-state index in [2.05, 4.69) is 15.3 Å². The van der Waals surface area contributed by atoms with Gasteiger partial charge < -0.3 is 10.1 Å². The summed E-state index contributed by atoms with van der Waals surface area (Å²) < 4.78 is 7.89. The molecular weight excluding hydrogens is 364 g/mol. The van der Waals surface area contributed by atoms with Gasteiger partial charge in [0.1, 0.15) is 0 Å². The number of ether oxygens (including phenoxy) is 1. The minimum atomic E-state index is 0.0674. The van der Waals surface area contributed by atoms with Crippen molar-refractivity contribution in [2.24, 2.45) is 7.05 Å². The predicted octanol–water partition coefficient (Wildman–Crippen LogP) is 2.34. The Balaban J connectivity index is 1.27. The molecule has 27 heavy (non-hydrogen) atoms. The molecule has 2 saturated heterocycles. The zero-order valence-corrected chi connectivity index (χ0v) is 16.2. The number of aromatic nitrogens is 2. The van der Waals surface area contributed by atoms with Crippen LogP contribution < -0.4 is 5.32 Å². The monoisotopic (exact) mass is 388 g/mol. The van der Waals surface area contributed by atoms with Crippen molar-refractivity contribution in [3.05, 3.63) is 52.8 Å². The number of halogens is 1. The Kier molecular flexibility index (Phi) is 5.48.